The highest BCUT2D eigenvalue weighted by atomic mass is 16.6. The fraction of sp³-hybridized carbons (Fsp3) is 0.184. The molecule has 0 N–H and O–H groups in total. The van der Waals surface area contributed by atoms with Crippen LogP contribution in [0.4, 0.5) is 0 Å². The third-order valence-electron chi connectivity index (χ3n) is 21.7. The number of imide groups is 2. The molecule has 20 nitrogen and oxygen atoms in total. The molecule has 118 heavy (non-hydrogen) atoms. The number of furan rings is 2. The summed E-state index contributed by atoms with van der Waals surface area (Å²) in [5.41, 5.74) is 6.62. The van der Waals surface area contributed by atoms with Gasteiger partial charge in [-0.3, -0.25) is 29.0 Å². The minimum atomic E-state index is -1.68. The Morgan fingerprint density at radius 3 is 0.915 bits per heavy atom. The molecule has 20 heteroatoms. The van der Waals surface area contributed by atoms with Crippen molar-refractivity contribution in [2.24, 2.45) is 0 Å². The Labute approximate surface area is 676 Å². The van der Waals surface area contributed by atoms with Crippen LogP contribution in [0.3, 0.4) is 0 Å². The number of amides is 4. The van der Waals surface area contributed by atoms with Crippen LogP contribution < -0.4 is 18.9 Å². The van der Waals surface area contributed by atoms with Crippen molar-refractivity contribution in [1.82, 2.24) is 9.80 Å². The van der Waals surface area contributed by atoms with Crippen molar-refractivity contribution in [3.05, 3.63) is 286 Å². The van der Waals surface area contributed by atoms with E-state index in [1.165, 1.54) is 38.1 Å². The number of aryl methyl sites for hydroxylation is 4. The van der Waals surface area contributed by atoms with Crippen LogP contribution in [0.5, 0.6) is 46.0 Å². The van der Waals surface area contributed by atoms with Gasteiger partial charge in [-0.15, -0.1) is 0 Å². The van der Waals surface area contributed by atoms with Gasteiger partial charge in [0.2, 0.25) is 0 Å². The molecule has 4 amide bonds. The van der Waals surface area contributed by atoms with Gasteiger partial charge < -0.3 is 46.7 Å². The van der Waals surface area contributed by atoms with Crippen molar-refractivity contribution in [3.63, 3.8) is 0 Å². The van der Waals surface area contributed by atoms with Gasteiger partial charge >= 0.3 is 23.9 Å². The van der Waals surface area contributed by atoms with E-state index in [4.69, 9.17) is 46.7 Å². The van der Waals surface area contributed by atoms with Crippen molar-refractivity contribution in [1.29, 1.82) is 0 Å². The summed E-state index contributed by atoms with van der Waals surface area (Å²) >= 11 is 0. The second-order valence-corrected chi connectivity index (χ2v) is 30.1. The van der Waals surface area contributed by atoms with Gasteiger partial charge in [-0.2, -0.15) is 0 Å². The molecule has 0 saturated heterocycles. The van der Waals surface area contributed by atoms with Gasteiger partial charge in [-0.1, -0.05) is 157 Å². The number of unbranched alkanes of at least 4 members (excludes halogenated alkanes) is 2. The number of ether oxygens (including phenoxy) is 8. The average Bonchev–Trinajstić information content (AvgIpc) is 0.959. The second kappa shape index (κ2) is 31.4. The zero-order valence-electron chi connectivity index (χ0n) is 65.5. The Morgan fingerprint density at radius 1 is 0.339 bits per heavy atom. The quantitative estimate of drug-likeness (QED) is 0.00841. The lowest BCUT2D eigenvalue weighted by Gasteiger charge is -2.35. The highest BCUT2D eigenvalue weighted by molar-refractivity contribution is 6.45. The predicted octanol–water partition coefficient (Wildman–Crippen LogP) is 21.2. The van der Waals surface area contributed by atoms with Crippen molar-refractivity contribution < 1.29 is 85.1 Å². The maximum atomic E-state index is 16.8. The summed E-state index contributed by atoms with van der Waals surface area (Å²) in [5, 5.41) is 4.57. The van der Waals surface area contributed by atoms with Crippen molar-refractivity contribution in [3.8, 4) is 46.0 Å². The Balaban J connectivity index is 0.925. The molecule has 2 aliphatic heterocycles. The lowest BCUT2D eigenvalue weighted by atomic mass is 9.80. The topological polar surface area (TPSA) is 243 Å². The molecule has 2 aromatic heterocycles. The molecule has 588 valence electrons. The monoisotopic (exact) mass is 1570 g/mol. The van der Waals surface area contributed by atoms with E-state index in [2.05, 4.69) is 13.2 Å². The first kappa shape index (κ1) is 76.2. The molecule has 4 heterocycles. The SMILES string of the molecule is C=C(C)C(=O)OCCCCOC(=O)C(Cc1cccc2c1oc1ccccc12)N1C(=O)c2cc(Oc3ccc(C)cc3)c3c4c(Oc5ccc(C)cc5)cc5c6c(cc(Oc7ccc(C)cc7)c(c7c(Oc8ccc(C)cc8)cc(c2c37)C1=O)c64)C(=O)N(C(Cc1cccc2c1oc1ccccc12)C(=O)OCCCCOC(=O)C(=C)C)C5=O. The van der Waals surface area contributed by atoms with Crippen LogP contribution in [-0.2, 0) is 51.0 Å². The summed E-state index contributed by atoms with van der Waals surface area (Å²) in [6.45, 7) is 17.7. The van der Waals surface area contributed by atoms with Crippen molar-refractivity contribution >= 4 is 134 Å². The molecule has 0 fully saturated rings. The molecular weight excluding hydrogens is 1490 g/mol. The molecule has 0 saturated carbocycles. The smallest absolute Gasteiger partial charge is 0.333 e. The first-order valence-electron chi connectivity index (χ1n) is 39.0. The first-order chi connectivity index (χ1) is 57.1. The normalized spacial score (nSPS) is 13.2. The molecule has 17 rings (SSSR count). The van der Waals surface area contributed by atoms with Crippen LogP contribution in [0.1, 0.15) is 114 Å². The highest BCUT2D eigenvalue weighted by Crippen LogP contribution is 2.58. The summed E-state index contributed by atoms with van der Waals surface area (Å²) < 4.78 is 65.2. The molecule has 2 aliphatic rings. The number of nitrogens with zero attached hydrogens (tertiary/aromatic N) is 2. The first-order valence-corrected chi connectivity index (χ1v) is 39.0. The van der Waals surface area contributed by atoms with Crippen LogP contribution >= 0.6 is 0 Å². The van der Waals surface area contributed by atoms with E-state index in [0.717, 1.165) is 53.6 Å². The third-order valence-corrected chi connectivity index (χ3v) is 21.7. The van der Waals surface area contributed by atoms with E-state index in [-0.39, 0.29) is 152 Å². The summed E-state index contributed by atoms with van der Waals surface area (Å²) in [7, 11) is 0. The van der Waals surface area contributed by atoms with Crippen molar-refractivity contribution in [2.75, 3.05) is 26.4 Å². The Morgan fingerprint density at radius 2 is 0.619 bits per heavy atom. The largest absolute Gasteiger partial charge is 0.464 e. The number of hydrogen-bond acceptors (Lipinski definition) is 18. The van der Waals surface area contributed by atoms with Gasteiger partial charge in [0.15, 0.2) is 0 Å². The number of hydrogen-bond donors (Lipinski definition) is 0. The standard InChI is InChI=1S/C98H78N2O18/c1-53(2)95(105)109-43-13-15-45-111-97(107)73(47-59-19-17-23-67-65-21-9-11-25-75(65)117-89(59)67)99-91(101)69-49-77(113-61-35-27-55(5)28-36-61)83-85-79(115-63-39-31-57(7)32-40-63)51-71-82-72(52-80(116-64-41-33-58(8)34-42-64)86(88(82)85)84-78(114-62-37-29-56(6)30-38-62)50-70(92(99)102)81(69)87(83)84)94(104)100(93(71)103)74(98(108)112-46-16-14-44-110-96(106)54(3)4)48-60-20-18-24-68-66-22-10-12-26-76(66)118-90(60)68/h9-12,17-42,49-52,73-74H,1,3,13-16,43-48H2,2,4-8H3. The van der Waals surface area contributed by atoms with Gasteiger partial charge in [0, 0.05) is 88.6 Å². The van der Waals surface area contributed by atoms with Gasteiger partial charge in [0.1, 0.15) is 80.4 Å². The van der Waals surface area contributed by atoms with Crippen LogP contribution in [0.2, 0.25) is 0 Å². The zero-order chi connectivity index (χ0) is 81.9. The number of benzene rings is 13. The number of carbonyl (C=O) groups is 8. The minimum absolute atomic E-state index is 0.00771. The van der Waals surface area contributed by atoms with E-state index in [0.29, 0.717) is 69.3 Å². The molecule has 2 unspecified atom stereocenters. The van der Waals surface area contributed by atoms with Crippen LogP contribution in [0.15, 0.2) is 239 Å². The fourth-order valence-corrected chi connectivity index (χ4v) is 15.8. The summed E-state index contributed by atoms with van der Waals surface area (Å²) in [6, 6.07) is 57.7. The predicted molar refractivity (Wildman–Crippen MR) is 448 cm³/mol. The molecular formula is C98H78N2O18. The van der Waals surface area contributed by atoms with E-state index in [1.807, 2.05) is 149 Å². The Kier molecular flexibility index (Phi) is 20.3. The molecule has 0 radical (unpaired) electrons. The Hall–Kier alpha value is -14.4. The van der Waals surface area contributed by atoms with E-state index in [9.17, 15) is 9.59 Å². The van der Waals surface area contributed by atoms with Gasteiger partial charge in [0.05, 0.1) is 48.7 Å². The summed E-state index contributed by atoms with van der Waals surface area (Å²) in [4.78, 5) is 125. The van der Waals surface area contributed by atoms with E-state index < -0.39 is 59.6 Å². The third kappa shape index (κ3) is 14.1. The number of esters is 4. The molecule has 13 aromatic carbocycles. The fourth-order valence-electron chi connectivity index (χ4n) is 15.8. The molecule has 2 atom stereocenters. The molecule has 0 spiro atoms. The minimum Gasteiger partial charge on any atom is -0.464 e. The number of fused-ring (bicyclic) bond motifs is 8. The molecule has 15 aromatic rings. The van der Waals surface area contributed by atoms with E-state index in [1.54, 1.807) is 60.7 Å². The van der Waals surface area contributed by atoms with Crippen LogP contribution in [0.25, 0.3) is 87.0 Å². The molecule has 0 aliphatic carbocycles. The Bertz CT molecular complexity index is 6060. The lowest BCUT2D eigenvalue weighted by molar-refractivity contribution is -0.149. The van der Waals surface area contributed by atoms with Gasteiger partial charge in [-0.25, -0.2) is 19.2 Å². The average molecular weight is 1570 g/mol. The van der Waals surface area contributed by atoms with Gasteiger partial charge in [-0.05, 0) is 163 Å². The van der Waals surface area contributed by atoms with Crippen LogP contribution in [0, 0.1) is 27.7 Å². The molecule has 0 bridgehead atoms. The zero-order valence-corrected chi connectivity index (χ0v) is 65.5. The summed E-state index contributed by atoms with van der Waals surface area (Å²) in [6.07, 6.45) is 0.478. The maximum absolute atomic E-state index is 16.8. The number of rotatable bonds is 28. The van der Waals surface area contributed by atoms with Crippen LogP contribution in [-0.4, -0.2) is 95.8 Å². The van der Waals surface area contributed by atoms with E-state index >= 15 is 28.8 Å². The maximum Gasteiger partial charge on any atom is 0.333 e. The number of carbonyl (C=O) groups excluding carboxylic acids is 8. The van der Waals surface area contributed by atoms with Gasteiger partial charge in [0.25, 0.3) is 23.6 Å². The number of para-hydroxylation sites is 4. The van der Waals surface area contributed by atoms with Crippen molar-refractivity contribution in [2.45, 2.75) is 92.2 Å². The lowest BCUT2D eigenvalue weighted by Crippen LogP contribution is -2.52. The summed E-state index contributed by atoms with van der Waals surface area (Å²) in [5.74, 6) is -5.36. The highest BCUT2D eigenvalue weighted by Gasteiger charge is 2.48. The second-order valence-electron chi connectivity index (χ2n) is 30.1.